The van der Waals surface area contributed by atoms with E-state index >= 15 is 0 Å². The molecule has 1 N–H and O–H groups in total. The molecular formula is C15H29N3OS. The van der Waals surface area contributed by atoms with Gasteiger partial charge in [-0.3, -0.25) is 0 Å². The number of thiazole rings is 1. The fraction of sp³-hybridized carbons (Fsp3) is 0.800. The highest BCUT2D eigenvalue weighted by Gasteiger charge is 2.18. The standard InChI is InChI=1S/C15H29N3OS/c1-11(2)13-12(10-16-15(3,4)5)20-14(17-13)18(6)8-9-19-7/h11,16H,8-10H2,1-7H3. The summed E-state index contributed by atoms with van der Waals surface area (Å²) in [6.45, 7) is 13.4. The molecule has 0 amide bonds. The average Bonchev–Trinajstić information content (AvgIpc) is 2.77. The minimum Gasteiger partial charge on any atom is -0.383 e. The molecule has 116 valence electrons. The van der Waals surface area contributed by atoms with Gasteiger partial charge in [-0.05, 0) is 26.7 Å². The van der Waals surface area contributed by atoms with E-state index in [1.807, 2.05) is 0 Å². The van der Waals surface area contributed by atoms with Gasteiger partial charge < -0.3 is 15.0 Å². The van der Waals surface area contributed by atoms with Crippen LogP contribution in [0.3, 0.4) is 0 Å². The number of nitrogens with one attached hydrogen (secondary N) is 1. The zero-order valence-electron chi connectivity index (χ0n) is 13.9. The summed E-state index contributed by atoms with van der Waals surface area (Å²) in [5.41, 5.74) is 1.34. The molecule has 0 aliphatic carbocycles. The zero-order valence-corrected chi connectivity index (χ0v) is 14.7. The first-order valence-electron chi connectivity index (χ1n) is 7.19. The van der Waals surface area contributed by atoms with Crippen molar-refractivity contribution in [1.82, 2.24) is 10.3 Å². The van der Waals surface area contributed by atoms with Crippen molar-refractivity contribution in [3.8, 4) is 0 Å². The third kappa shape index (κ3) is 5.38. The molecule has 1 rings (SSSR count). The van der Waals surface area contributed by atoms with Crippen LogP contribution in [0.15, 0.2) is 0 Å². The quantitative estimate of drug-likeness (QED) is 0.839. The normalized spacial score (nSPS) is 12.2. The van der Waals surface area contributed by atoms with Crippen molar-refractivity contribution in [3.05, 3.63) is 10.6 Å². The van der Waals surface area contributed by atoms with Gasteiger partial charge in [-0.1, -0.05) is 13.8 Å². The van der Waals surface area contributed by atoms with Gasteiger partial charge in [-0.2, -0.15) is 0 Å². The summed E-state index contributed by atoms with van der Waals surface area (Å²) in [7, 11) is 3.80. The van der Waals surface area contributed by atoms with Gasteiger partial charge in [0.25, 0.3) is 0 Å². The van der Waals surface area contributed by atoms with Crippen LogP contribution >= 0.6 is 11.3 Å². The molecule has 1 heterocycles. The molecule has 4 nitrogen and oxygen atoms in total. The summed E-state index contributed by atoms with van der Waals surface area (Å²) < 4.78 is 5.13. The van der Waals surface area contributed by atoms with Gasteiger partial charge >= 0.3 is 0 Å². The topological polar surface area (TPSA) is 37.4 Å². The Labute approximate surface area is 127 Å². The van der Waals surface area contributed by atoms with Crippen molar-refractivity contribution in [1.29, 1.82) is 0 Å². The van der Waals surface area contributed by atoms with E-state index in [2.05, 4.69) is 51.9 Å². The van der Waals surface area contributed by atoms with Crippen molar-refractivity contribution in [2.75, 3.05) is 32.2 Å². The fourth-order valence-corrected chi connectivity index (χ4v) is 2.90. The van der Waals surface area contributed by atoms with Crippen molar-refractivity contribution in [2.24, 2.45) is 0 Å². The highest BCUT2D eigenvalue weighted by atomic mass is 32.1. The summed E-state index contributed by atoms with van der Waals surface area (Å²) in [6, 6.07) is 0. The Bertz CT molecular complexity index is 410. The number of nitrogens with zero attached hydrogens (tertiary/aromatic N) is 2. The van der Waals surface area contributed by atoms with E-state index in [0.717, 1.165) is 24.8 Å². The predicted molar refractivity (Wildman–Crippen MR) is 87.9 cm³/mol. The van der Waals surface area contributed by atoms with Gasteiger partial charge in [0.2, 0.25) is 0 Å². The summed E-state index contributed by atoms with van der Waals surface area (Å²) in [5.74, 6) is 0.451. The van der Waals surface area contributed by atoms with Crippen LogP contribution in [0.1, 0.15) is 51.1 Å². The van der Waals surface area contributed by atoms with Gasteiger partial charge in [-0.25, -0.2) is 4.98 Å². The van der Waals surface area contributed by atoms with Gasteiger partial charge in [0.15, 0.2) is 5.13 Å². The second kappa shape index (κ2) is 7.38. The number of ether oxygens (including phenoxy) is 1. The van der Waals surface area contributed by atoms with E-state index in [9.17, 15) is 0 Å². The van der Waals surface area contributed by atoms with Gasteiger partial charge in [0, 0.05) is 37.7 Å². The number of likely N-dealkylation sites (N-methyl/N-ethyl adjacent to an activating group) is 1. The summed E-state index contributed by atoms with van der Waals surface area (Å²) in [4.78, 5) is 8.32. The van der Waals surface area contributed by atoms with Crippen LogP contribution in [-0.2, 0) is 11.3 Å². The van der Waals surface area contributed by atoms with E-state index in [-0.39, 0.29) is 5.54 Å². The molecule has 0 radical (unpaired) electrons. The minimum atomic E-state index is 0.125. The first kappa shape index (κ1) is 17.4. The Morgan fingerprint density at radius 3 is 2.50 bits per heavy atom. The summed E-state index contributed by atoms with van der Waals surface area (Å²) >= 11 is 1.78. The average molecular weight is 299 g/mol. The monoisotopic (exact) mass is 299 g/mol. The maximum absolute atomic E-state index is 5.13. The van der Waals surface area contributed by atoms with Gasteiger partial charge in [0.05, 0.1) is 12.3 Å². The fourth-order valence-electron chi connectivity index (χ4n) is 1.76. The number of methoxy groups -OCH3 is 1. The van der Waals surface area contributed by atoms with E-state index in [0.29, 0.717) is 5.92 Å². The lowest BCUT2D eigenvalue weighted by Gasteiger charge is -2.20. The van der Waals surface area contributed by atoms with Gasteiger partial charge in [0.1, 0.15) is 0 Å². The molecular weight excluding hydrogens is 270 g/mol. The van der Waals surface area contributed by atoms with Crippen molar-refractivity contribution >= 4 is 16.5 Å². The summed E-state index contributed by atoms with van der Waals surface area (Å²) in [6.07, 6.45) is 0. The Morgan fingerprint density at radius 1 is 1.35 bits per heavy atom. The molecule has 0 unspecified atom stereocenters. The Morgan fingerprint density at radius 2 is 2.00 bits per heavy atom. The Kier molecular flexibility index (Phi) is 6.43. The minimum absolute atomic E-state index is 0.125. The van der Waals surface area contributed by atoms with Crippen LogP contribution in [0.5, 0.6) is 0 Å². The second-order valence-electron chi connectivity index (χ2n) is 6.48. The van der Waals surface area contributed by atoms with Crippen LogP contribution in [0.2, 0.25) is 0 Å². The molecule has 0 atom stereocenters. The zero-order chi connectivity index (χ0) is 15.3. The number of hydrogen-bond acceptors (Lipinski definition) is 5. The van der Waals surface area contributed by atoms with Crippen molar-refractivity contribution in [2.45, 2.75) is 52.6 Å². The molecule has 20 heavy (non-hydrogen) atoms. The smallest absolute Gasteiger partial charge is 0.185 e. The highest BCUT2D eigenvalue weighted by molar-refractivity contribution is 7.15. The predicted octanol–water partition coefficient (Wildman–Crippen LogP) is 3.24. The lowest BCUT2D eigenvalue weighted by Crippen LogP contribution is -2.35. The lowest BCUT2D eigenvalue weighted by atomic mass is 10.1. The van der Waals surface area contributed by atoms with Crippen LogP contribution in [0.4, 0.5) is 5.13 Å². The molecule has 0 aliphatic rings. The first-order chi connectivity index (χ1) is 9.24. The third-order valence-corrected chi connectivity index (χ3v) is 4.19. The lowest BCUT2D eigenvalue weighted by molar-refractivity contribution is 0.206. The van der Waals surface area contributed by atoms with E-state index < -0.39 is 0 Å². The molecule has 0 fully saturated rings. The van der Waals surface area contributed by atoms with Crippen molar-refractivity contribution < 1.29 is 4.74 Å². The first-order valence-corrected chi connectivity index (χ1v) is 8.01. The molecule has 1 aromatic heterocycles. The number of hydrogen-bond donors (Lipinski definition) is 1. The maximum atomic E-state index is 5.13. The van der Waals surface area contributed by atoms with E-state index in [1.54, 1.807) is 18.4 Å². The molecule has 1 aromatic rings. The van der Waals surface area contributed by atoms with Crippen molar-refractivity contribution in [3.63, 3.8) is 0 Å². The maximum Gasteiger partial charge on any atom is 0.185 e. The molecule has 0 saturated heterocycles. The van der Waals surface area contributed by atoms with Gasteiger partial charge in [-0.15, -0.1) is 11.3 Å². The number of rotatable bonds is 7. The molecule has 5 heteroatoms. The van der Waals surface area contributed by atoms with E-state index in [1.165, 1.54) is 10.6 Å². The van der Waals surface area contributed by atoms with Crippen LogP contribution in [0, 0.1) is 0 Å². The molecule has 0 aromatic carbocycles. The Balaban J connectivity index is 2.84. The Hall–Kier alpha value is -0.650. The largest absolute Gasteiger partial charge is 0.383 e. The highest BCUT2D eigenvalue weighted by Crippen LogP contribution is 2.30. The molecule has 0 aliphatic heterocycles. The third-order valence-electron chi connectivity index (χ3n) is 3.00. The SMILES string of the molecule is COCCN(C)c1nc(C(C)C)c(CNC(C)(C)C)s1. The van der Waals surface area contributed by atoms with Crippen LogP contribution in [0.25, 0.3) is 0 Å². The second-order valence-corrected chi connectivity index (χ2v) is 7.54. The summed E-state index contributed by atoms with van der Waals surface area (Å²) in [5, 5.41) is 4.64. The number of anilines is 1. The van der Waals surface area contributed by atoms with Crippen LogP contribution < -0.4 is 10.2 Å². The number of aromatic nitrogens is 1. The van der Waals surface area contributed by atoms with Crippen LogP contribution in [-0.4, -0.2) is 37.8 Å². The molecule has 0 spiro atoms. The van der Waals surface area contributed by atoms with E-state index in [4.69, 9.17) is 9.72 Å². The molecule has 0 bridgehead atoms. The molecule has 0 saturated carbocycles.